The van der Waals surface area contributed by atoms with Gasteiger partial charge in [0, 0.05) is 0 Å². The Bertz CT molecular complexity index is 422. The van der Waals surface area contributed by atoms with Gasteiger partial charge < -0.3 is 0 Å². The summed E-state index contributed by atoms with van der Waals surface area (Å²) in [6.45, 7) is 7.83. The van der Waals surface area contributed by atoms with E-state index in [9.17, 15) is 0 Å². The topological polar surface area (TPSA) is 0 Å². The first kappa shape index (κ1) is 13.4. The Hall–Kier alpha value is -0.260. The Morgan fingerprint density at radius 2 is 1.85 bits per heavy atom. The van der Waals surface area contributed by atoms with Crippen LogP contribution in [0.15, 0.2) is 12.2 Å². The largest absolute Gasteiger partial charge is 0.0877 e. The predicted molar refractivity (Wildman–Crippen MR) is 85.4 cm³/mol. The van der Waals surface area contributed by atoms with E-state index in [0.717, 1.165) is 29.6 Å². The van der Waals surface area contributed by atoms with Gasteiger partial charge in [-0.25, -0.2) is 0 Å². The van der Waals surface area contributed by atoms with Crippen molar-refractivity contribution in [2.45, 2.75) is 72.1 Å². The molecule has 4 aliphatic rings. The zero-order valence-electron chi connectivity index (χ0n) is 13.7. The van der Waals surface area contributed by atoms with E-state index in [0.29, 0.717) is 10.8 Å². The normalized spacial score (nSPS) is 57.9. The van der Waals surface area contributed by atoms with Crippen molar-refractivity contribution < 1.29 is 0 Å². The highest BCUT2D eigenvalue weighted by atomic mass is 14.6. The summed E-state index contributed by atoms with van der Waals surface area (Å²) in [5.74, 6) is 5.04. The maximum absolute atomic E-state index is 2.69. The predicted octanol–water partition coefficient (Wildman–Crippen LogP) is 5.83. The molecule has 0 heterocycles. The van der Waals surface area contributed by atoms with Gasteiger partial charge >= 0.3 is 0 Å². The molecular weight excluding hydrogens is 240 g/mol. The molecule has 4 rings (SSSR count). The number of fused-ring (bicyclic) bond motifs is 5. The standard InChI is InChI=1S/C20H32/c1-14-13-15-7-4-5-11-20(15,3)17-9-12-19(2)10-6-8-16(19)18(14)17/h6,10,14-18H,4-5,7-9,11-13H2,1-3H3/t14-,15?,16+,17+,18+,19+,20+/m1/s1. The van der Waals surface area contributed by atoms with Crippen molar-refractivity contribution >= 4 is 0 Å². The molecule has 1 unspecified atom stereocenters. The van der Waals surface area contributed by atoms with Crippen molar-refractivity contribution in [1.82, 2.24) is 0 Å². The van der Waals surface area contributed by atoms with Crippen LogP contribution in [0.4, 0.5) is 0 Å². The second-order valence-electron chi connectivity index (χ2n) is 9.13. The Kier molecular flexibility index (Phi) is 2.93. The highest BCUT2D eigenvalue weighted by Crippen LogP contribution is 2.66. The van der Waals surface area contributed by atoms with Crippen LogP contribution in [0.3, 0.4) is 0 Å². The van der Waals surface area contributed by atoms with Crippen LogP contribution in [0, 0.1) is 40.4 Å². The monoisotopic (exact) mass is 272 g/mol. The van der Waals surface area contributed by atoms with Gasteiger partial charge in [0.15, 0.2) is 0 Å². The molecule has 7 atom stereocenters. The van der Waals surface area contributed by atoms with Crippen LogP contribution in [0.25, 0.3) is 0 Å². The third-order valence-corrected chi connectivity index (χ3v) is 8.27. The zero-order chi connectivity index (χ0) is 14.0. The van der Waals surface area contributed by atoms with Gasteiger partial charge in [0.2, 0.25) is 0 Å². The first-order chi connectivity index (χ1) is 9.55. The fourth-order valence-electron chi connectivity index (χ4n) is 7.16. The van der Waals surface area contributed by atoms with Crippen LogP contribution in [0.5, 0.6) is 0 Å². The molecule has 0 radical (unpaired) electrons. The highest BCUT2D eigenvalue weighted by Gasteiger charge is 2.58. The Morgan fingerprint density at radius 3 is 2.70 bits per heavy atom. The highest BCUT2D eigenvalue weighted by molar-refractivity contribution is 5.16. The molecule has 0 aromatic rings. The maximum Gasteiger partial charge on any atom is -0.0112 e. The van der Waals surface area contributed by atoms with Crippen molar-refractivity contribution in [2.24, 2.45) is 40.4 Å². The molecule has 0 nitrogen and oxygen atoms in total. The maximum atomic E-state index is 2.69. The molecule has 0 heteroatoms. The average Bonchev–Trinajstić information content (AvgIpc) is 2.81. The smallest absolute Gasteiger partial charge is 0.0112 e. The molecule has 0 aromatic heterocycles. The lowest BCUT2D eigenvalue weighted by Crippen LogP contribution is -2.54. The van der Waals surface area contributed by atoms with E-state index in [-0.39, 0.29) is 0 Å². The molecule has 0 bridgehead atoms. The van der Waals surface area contributed by atoms with Gasteiger partial charge in [0.1, 0.15) is 0 Å². The summed E-state index contributed by atoms with van der Waals surface area (Å²) in [5.41, 5.74) is 1.24. The lowest BCUT2D eigenvalue weighted by molar-refractivity contribution is -0.122. The van der Waals surface area contributed by atoms with E-state index < -0.39 is 0 Å². The summed E-state index contributed by atoms with van der Waals surface area (Å²) < 4.78 is 0. The molecule has 3 saturated carbocycles. The van der Waals surface area contributed by atoms with Gasteiger partial charge in [-0.3, -0.25) is 0 Å². The Morgan fingerprint density at radius 1 is 1.00 bits per heavy atom. The minimum atomic E-state index is 0.549. The van der Waals surface area contributed by atoms with Crippen molar-refractivity contribution in [2.75, 3.05) is 0 Å². The fourth-order valence-corrected chi connectivity index (χ4v) is 7.16. The average molecular weight is 272 g/mol. The quantitative estimate of drug-likeness (QED) is 0.487. The number of allylic oxidation sites excluding steroid dienone is 2. The molecule has 20 heavy (non-hydrogen) atoms. The summed E-state index contributed by atoms with van der Waals surface area (Å²) in [6.07, 6.45) is 17.0. The zero-order valence-corrected chi connectivity index (χ0v) is 13.7. The lowest BCUT2D eigenvalue weighted by atomic mass is 9.43. The van der Waals surface area contributed by atoms with Gasteiger partial charge in [-0.15, -0.1) is 0 Å². The Labute approximate surface area is 125 Å². The van der Waals surface area contributed by atoms with E-state index in [1.165, 1.54) is 51.4 Å². The lowest BCUT2D eigenvalue weighted by Gasteiger charge is -2.62. The van der Waals surface area contributed by atoms with Gasteiger partial charge in [0.25, 0.3) is 0 Å². The fraction of sp³-hybridized carbons (Fsp3) is 0.900. The molecule has 3 fully saturated rings. The van der Waals surface area contributed by atoms with E-state index in [4.69, 9.17) is 0 Å². The van der Waals surface area contributed by atoms with Gasteiger partial charge in [-0.1, -0.05) is 45.8 Å². The second kappa shape index (κ2) is 4.37. The van der Waals surface area contributed by atoms with Crippen LogP contribution in [0.1, 0.15) is 72.1 Å². The minimum Gasteiger partial charge on any atom is -0.0877 e. The number of rotatable bonds is 0. The molecule has 112 valence electrons. The number of hydrogen-bond donors (Lipinski definition) is 0. The minimum absolute atomic E-state index is 0.549. The molecule has 0 saturated heterocycles. The third-order valence-electron chi connectivity index (χ3n) is 8.27. The first-order valence-electron chi connectivity index (χ1n) is 9.22. The molecule has 0 aliphatic heterocycles. The van der Waals surface area contributed by atoms with Crippen LogP contribution >= 0.6 is 0 Å². The molecule has 0 aromatic carbocycles. The van der Waals surface area contributed by atoms with Crippen LogP contribution < -0.4 is 0 Å². The third kappa shape index (κ3) is 1.66. The summed E-state index contributed by atoms with van der Waals surface area (Å²) in [4.78, 5) is 0. The number of hydrogen-bond acceptors (Lipinski definition) is 0. The van der Waals surface area contributed by atoms with E-state index >= 15 is 0 Å². The van der Waals surface area contributed by atoms with Crippen molar-refractivity contribution in [3.05, 3.63) is 12.2 Å². The molecule has 0 spiro atoms. The Balaban J connectivity index is 1.69. The second-order valence-corrected chi connectivity index (χ2v) is 9.13. The van der Waals surface area contributed by atoms with Crippen molar-refractivity contribution in [3.63, 3.8) is 0 Å². The van der Waals surface area contributed by atoms with Crippen molar-refractivity contribution in [3.8, 4) is 0 Å². The molecule has 0 amide bonds. The van der Waals surface area contributed by atoms with Crippen LogP contribution in [-0.4, -0.2) is 0 Å². The SMILES string of the molecule is C[C@@H]1CC2CCCC[C@]2(C)[C@H]2CC[C@]3(C)C=CC[C@H]3[C@H]12. The van der Waals surface area contributed by atoms with E-state index in [1.807, 2.05) is 0 Å². The summed E-state index contributed by atoms with van der Waals surface area (Å²) in [6, 6.07) is 0. The molecule has 0 N–H and O–H groups in total. The molecule has 4 aliphatic carbocycles. The van der Waals surface area contributed by atoms with Gasteiger partial charge in [0.05, 0.1) is 0 Å². The summed E-state index contributed by atoms with van der Waals surface area (Å²) >= 11 is 0. The van der Waals surface area contributed by atoms with Crippen LogP contribution in [-0.2, 0) is 0 Å². The van der Waals surface area contributed by atoms with Gasteiger partial charge in [-0.2, -0.15) is 0 Å². The van der Waals surface area contributed by atoms with E-state index in [2.05, 4.69) is 32.9 Å². The molecular formula is C20H32. The van der Waals surface area contributed by atoms with E-state index in [1.54, 1.807) is 0 Å². The van der Waals surface area contributed by atoms with Crippen molar-refractivity contribution in [1.29, 1.82) is 0 Å². The van der Waals surface area contributed by atoms with Gasteiger partial charge in [-0.05, 0) is 78.9 Å². The van der Waals surface area contributed by atoms with Crippen LogP contribution in [0.2, 0.25) is 0 Å². The summed E-state index contributed by atoms with van der Waals surface area (Å²) in [5, 5.41) is 0. The summed E-state index contributed by atoms with van der Waals surface area (Å²) in [7, 11) is 0. The first-order valence-corrected chi connectivity index (χ1v) is 9.22.